The smallest absolute Gasteiger partial charge is 0.153 e. The Balaban J connectivity index is 2.18. The first-order valence-electron chi connectivity index (χ1n) is 5.82. The Labute approximate surface area is 116 Å². The number of hydrogen-bond acceptors (Lipinski definition) is 4. The summed E-state index contributed by atoms with van der Waals surface area (Å²) in [5.41, 5.74) is 1.82. The van der Waals surface area contributed by atoms with Gasteiger partial charge in [-0.2, -0.15) is 0 Å². The number of hydrogen-bond donors (Lipinski definition) is 1. The molecule has 18 heavy (non-hydrogen) atoms. The molecule has 0 bridgehead atoms. The summed E-state index contributed by atoms with van der Waals surface area (Å²) >= 11 is 3.43. The molecule has 0 aromatic heterocycles. The molecule has 1 fully saturated rings. The maximum atomic E-state index is 11.4. The van der Waals surface area contributed by atoms with Crippen molar-refractivity contribution in [3.63, 3.8) is 0 Å². The quantitative estimate of drug-likeness (QED) is 0.895. The number of benzene rings is 1. The number of nitrogens with zero attached hydrogens (tertiary/aromatic N) is 1. The van der Waals surface area contributed by atoms with Crippen molar-refractivity contribution >= 4 is 31.5 Å². The number of aliphatic hydroxyl groups excluding tert-OH is 1. The number of anilines is 1. The third kappa shape index (κ3) is 3.05. The predicted molar refractivity (Wildman–Crippen MR) is 75.6 cm³/mol. The van der Waals surface area contributed by atoms with Gasteiger partial charge in [0, 0.05) is 23.2 Å². The highest BCUT2D eigenvalue weighted by Crippen LogP contribution is 2.28. The van der Waals surface area contributed by atoms with Crippen molar-refractivity contribution in [3.8, 4) is 0 Å². The Bertz CT molecular complexity index is 528. The zero-order chi connectivity index (χ0) is 13.3. The summed E-state index contributed by atoms with van der Waals surface area (Å²) in [6, 6.07) is 5.72. The maximum absolute atomic E-state index is 11.4. The highest BCUT2D eigenvalue weighted by atomic mass is 79.9. The molecule has 1 aliphatic heterocycles. The van der Waals surface area contributed by atoms with Crippen LogP contribution in [0.4, 0.5) is 5.69 Å². The molecule has 6 heteroatoms. The van der Waals surface area contributed by atoms with Crippen molar-refractivity contribution in [2.45, 2.75) is 13.0 Å². The Morgan fingerprint density at radius 2 is 1.94 bits per heavy atom. The van der Waals surface area contributed by atoms with E-state index in [1.807, 2.05) is 18.2 Å². The van der Waals surface area contributed by atoms with Gasteiger partial charge in [0.15, 0.2) is 9.84 Å². The average molecular weight is 334 g/mol. The van der Waals surface area contributed by atoms with E-state index in [9.17, 15) is 13.5 Å². The average Bonchev–Trinajstić information content (AvgIpc) is 2.28. The monoisotopic (exact) mass is 333 g/mol. The second-order valence-electron chi connectivity index (χ2n) is 4.52. The Kier molecular flexibility index (Phi) is 3.99. The van der Waals surface area contributed by atoms with E-state index in [2.05, 4.69) is 20.8 Å². The van der Waals surface area contributed by atoms with Crippen LogP contribution in [0.5, 0.6) is 0 Å². The van der Waals surface area contributed by atoms with Gasteiger partial charge in [0.05, 0.1) is 17.6 Å². The van der Waals surface area contributed by atoms with Gasteiger partial charge in [-0.1, -0.05) is 22.0 Å². The number of rotatable bonds is 2. The van der Waals surface area contributed by atoms with E-state index in [-0.39, 0.29) is 11.5 Å². The second-order valence-corrected chi connectivity index (χ2v) is 7.68. The van der Waals surface area contributed by atoms with E-state index in [1.165, 1.54) is 0 Å². The lowest BCUT2D eigenvalue weighted by atomic mass is 10.1. The van der Waals surface area contributed by atoms with E-state index in [0.29, 0.717) is 13.1 Å². The van der Waals surface area contributed by atoms with Crippen molar-refractivity contribution in [1.29, 1.82) is 0 Å². The second kappa shape index (κ2) is 5.19. The van der Waals surface area contributed by atoms with Crippen molar-refractivity contribution in [2.75, 3.05) is 29.5 Å². The summed E-state index contributed by atoms with van der Waals surface area (Å²) in [6.45, 7) is 2.78. The van der Waals surface area contributed by atoms with Gasteiger partial charge in [-0.05, 0) is 24.6 Å². The van der Waals surface area contributed by atoms with Crippen LogP contribution in [0.2, 0.25) is 0 Å². The first-order valence-corrected chi connectivity index (χ1v) is 8.43. The molecule has 0 unspecified atom stereocenters. The molecule has 0 radical (unpaired) electrons. The zero-order valence-corrected chi connectivity index (χ0v) is 12.5. The van der Waals surface area contributed by atoms with Gasteiger partial charge in [-0.15, -0.1) is 0 Å². The molecule has 0 spiro atoms. The molecule has 0 amide bonds. The van der Waals surface area contributed by atoms with E-state index >= 15 is 0 Å². The number of halogens is 1. The van der Waals surface area contributed by atoms with Crippen molar-refractivity contribution < 1.29 is 13.5 Å². The predicted octanol–water partition coefficient (Wildman–Crippen LogP) is 1.74. The summed E-state index contributed by atoms with van der Waals surface area (Å²) < 4.78 is 23.6. The summed E-state index contributed by atoms with van der Waals surface area (Å²) in [5, 5.41) is 9.55. The van der Waals surface area contributed by atoms with Crippen molar-refractivity contribution in [1.82, 2.24) is 0 Å². The van der Waals surface area contributed by atoms with Gasteiger partial charge in [0.1, 0.15) is 0 Å². The molecule has 1 saturated heterocycles. The SMILES string of the molecule is C[C@@H](O)c1ccc(N2CCS(=O)(=O)CC2)cc1Br. The first-order chi connectivity index (χ1) is 8.39. The topological polar surface area (TPSA) is 57.6 Å². The normalized spacial score (nSPS) is 20.7. The van der Waals surface area contributed by atoms with E-state index < -0.39 is 15.9 Å². The van der Waals surface area contributed by atoms with E-state index in [4.69, 9.17) is 0 Å². The summed E-state index contributed by atoms with van der Waals surface area (Å²) in [7, 11) is -2.85. The highest BCUT2D eigenvalue weighted by molar-refractivity contribution is 9.10. The minimum Gasteiger partial charge on any atom is -0.389 e. The van der Waals surface area contributed by atoms with Crippen molar-refractivity contribution in [3.05, 3.63) is 28.2 Å². The summed E-state index contributed by atoms with van der Waals surface area (Å²) in [6.07, 6.45) is -0.518. The molecular weight excluding hydrogens is 318 g/mol. The van der Waals surface area contributed by atoms with Gasteiger partial charge in [0.2, 0.25) is 0 Å². The minimum atomic E-state index is -2.85. The standard InChI is InChI=1S/C12H16BrNO3S/c1-9(15)11-3-2-10(8-12(11)13)14-4-6-18(16,17)7-5-14/h2-3,8-9,15H,4-7H2,1H3/t9-/m1/s1. The fourth-order valence-electron chi connectivity index (χ4n) is 2.02. The maximum Gasteiger partial charge on any atom is 0.153 e. The number of sulfone groups is 1. The van der Waals surface area contributed by atoms with Crippen LogP contribution in [0.25, 0.3) is 0 Å². The minimum absolute atomic E-state index is 0.211. The molecule has 1 aromatic carbocycles. The lowest BCUT2D eigenvalue weighted by Gasteiger charge is -2.29. The molecule has 1 N–H and O–H groups in total. The molecule has 0 saturated carbocycles. The van der Waals surface area contributed by atoms with Crippen molar-refractivity contribution in [2.24, 2.45) is 0 Å². The van der Waals surface area contributed by atoms with Crippen LogP contribution in [0.3, 0.4) is 0 Å². The molecule has 1 aromatic rings. The summed E-state index contributed by atoms with van der Waals surface area (Å²) in [5.74, 6) is 0.422. The van der Waals surface area contributed by atoms with Gasteiger partial charge in [-0.25, -0.2) is 8.42 Å². The van der Waals surface area contributed by atoms with E-state index in [1.54, 1.807) is 6.92 Å². The third-order valence-corrected chi connectivity index (χ3v) is 5.44. The Hall–Kier alpha value is -0.590. The lowest BCUT2D eigenvalue weighted by Crippen LogP contribution is -2.40. The van der Waals surface area contributed by atoms with Gasteiger partial charge >= 0.3 is 0 Å². The molecule has 0 aliphatic carbocycles. The summed E-state index contributed by atoms with van der Waals surface area (Å²) in [4.78, 5) is 2.05. The van der Waals surface area contributed by atoms with Crippen LogP contribution >= 0.6 is 15.9 Å². The van der Waals surface area contributed by atoms with Gasteiger partial charge in [0.25, 0.3) is 0 Å². The molecule has 1 atom stereocenters. The fourth-order valence-corrected chi connectivity index (χ4v) is 3.92. The molecule has 1 heterocycles. The molecule has 2 rings (SSSR count). The molecule has 4 nitrogen and oxygen atoms in total. The van der Waals surface area contributed by atoms with Crippen LogP contribution in [-0.2, 0) is 9.84 Å². The Morgan fingerprint density at radius 3 is 2.44 bits per heavy atom. The molecular formula is C12H16BrNO3S. The zero-order valence-electron chi connectivity index (χ0n) is 10.1. The largest absolute Gasteiger partial charge is 0.389 e. The van der Waals surface area contributed by atoms with Crippen LogP contribution in [-0.4, -0.2) is 38.1 Å². The van der Waals surface area contributed by atoms with Crippen LogP contribution < -0.4 is 4.90 Å². The van der Waals surface area contributed by atoms with Gasteiger partial charge < -0.3 is 10.0 Å². The fraction of sp³-hybridized carbons (Fsp3) is 0.500. The lowest BCUT2D eigenvalue weighted by molar-refractivity contribution is 0.198. The molecule has 100 valence electrons. The highest BCUT2D eigenvalue weighted by Gasteiger charge is 2.22. The van der Waals surface area contributed by atoms with Gasteiger partial charge in [-0.3, -0.25) is 0 Å². The number of aliphatic hydroxyl groups is 1. The van der Waals surface area contributed by atoms with Crippen LogP contribution in [0.15, 0.2) is 22.7 Å². The third-order valence-electron chi connectivity index (χ3n) is 3.14. The van der Waals surface area contributed by atoms with Crippen LogP contribution in [0, 0.1) is 0 Å². The first kappa shape index (κ1) is 13.8. The Morgan fingerprint density at radius 1 is 1.33 bits per heavy atom. The van der Waals surface area contributed by atoms with Crippen LogP contribution in [0.1, 0.15) is 18.6 Å². The van der Waals surface area contributed by atoms with E-state index in [0.717, 1.165) is 15.7 Å². The molecule has 1 aliphatic rings.